The van der Waals surface area contributed by atoms with Gasteiger partial charge in [-0.3, -0.25) is 4.98 Å². The van der Waals surface area contributed by atoms with Gasteiger partial charge in [0.05, 0.1) is 22.5 Å². The Kier molecular flexibility index (Phi) is 12.5. The first-order valence-electron chi connectivity index (χ1n) is 16.5. The molecule has 1 aliphatic rings. The molecule has 1 unspecified atom stereocenters. The van der Waals surface area contributed by atoms with Crippen molar-refractivity contribution in [3.8, 4) is 22.4 Å². The molecule has 2 aromatic heterocycles. The largest absolute Gasteiger partial charge is 0.479 e. The first kappa shape index (κ1) is 37.7. The number of aryl methyl sites for hydroxylation is 1. The summed E-state index contributed by atoms with van der Waals surface area (Å²) in [6, 6.07) is 14.7. The van der Waals surface area contributed by atoms with Gasteiger partial charge in [0.25, 0.3) is 0 Å². The molecule has 5 rings (SSSR count). The van der Waals surface area contributed by atoms with E-state index in [0.29, 0.717) is 5.56 Å². The van der Waals surface area contributed by atoms with Crippen LogP contribution in [-0.2, 0) is 20.9 Å². The van der Waals surface area contributed by atoms with Gasteiger partial charge in [0.15, 0.2) is 6.10 Å². The number of nitrogens with zero attached hydrogens (tertiary/aromatic N) is 3. The summed E-state index contributed by atoms with van der Waals surface area (Å²) >= 11 is 0. The van der Waals surface area contributed by atoms with Gasteiger partial charge in [-0.15, -0.1) is 0 Å². The van der Waals surface area contributed by atoms with Crippen molar-refractivity contribution in [1.82, 2.24) is 9.55 Å². The number of ether oxygens (including phenoxy) is 1. The standard InChI is InChI=1S/C37H41N3O3.C2H4O.C2H6/c1-10-22(2)19-24(4)29-20-27(15-16-38-29)30-21-28-32(26-13-11-23(3)12-14-26)31(35(36(41)42)43-37(6,7)8)25(5)33-34(28)40(30)18-17-39(33)9;1-2-3;1-2/h10-16,19-21,35H,1-2,17-18H2,3-9H3,(H,41,42);2H,1H3;1-2H3/b24-19+;;. The van der Waals surface area contributed by atoms with Crippen LogP contribution in [0, 0.1) is 13.8 Å². The van der Waals surface area contributed by atoms with Gasteiger partial charge >= 0.3 is 5.97 Å². The molecular formula is C41H51N3O4. The Bertz CT molecular complexity index is 1840. The zero-order chi connectivity index (χ0) is 35.9. The van der Waals surface area contributed by atoms with Crippen molar-refractivity contribution in [3.63, 3.8) is 0 Å². The Morgan fingerprint density at radius 1 is 1.06 bits per heavy atom. The van der Waals surface area contributed by atoms with Crippen molar-refractivity contribution in [3.05, 3.63) is 102 Å². The number of hydrogen-bond donors (Lipinski definition) is 1. The van der Waals surface area contributed by atoms with Gasteiger partial charge in [-0.1, -0.05) is 69.0 Å². The highest BCUT2D eigenvalue weighted by atomic mass is 16.5. The predicted octanol–water partition coefficient (Wildman–Crippen LogP) is 9.75. The van der Waals surface area contributed by atoms with E-state index in [1.54, 1.807) is 6.08 Å². The van der Waals surface area contributed by atoms with Gasteiger partial charge in [0, 0.05) is 48.5 Å². The first-order chi connectivity index (χ1) is 22.7. The molecule has 254 valence electrons. The smallest absolute Gasteiger partial charge is 0.337 e. The second kappa shape index (κ2) is 15.9. The lowest BCUT2D eigenvalue weighted by atomic mass is 9.87. The van der Waals surface area contributed by atoms with E-state index in [2.05, 4.69) is 78.0 Å². The van der Waals surface area contributed by atoms with E-state index in [4.69, 9.17) is 9.53 Å². The minimum Gasteiger partial charge on any atom is -0.479 e. The summed E-state index contributed by atoms with van der Waals surface area (Å²) in [6.07, 6.45) is 5.17. The van der Waals surface area contributed by atoms with Gasteiger partial charge in [-0.25, -0.2) is 4.79 Å². The zero-order valence-electron chi connectivity index (χ0n) is 30.3. The summed E-state index contributed by atoms with van der Waals surface area (Å²) in [7, 11) is 2.08. The molecule has 0 aliphatic carbocycles. The SMILES string of the molecule is C=CC(=C)/C=C(\C)c1cc(-c2cc3c(-c4ccc(C)cc4)c(C(OC(C)(C)C)C(=O)O)c(C)c4c3n2CCN4C)ccn1.CC.CC=O. The van der Waals surface area contributed by atoms with E-state index in [-0.39, 0.29) is 0 Å². The van der Waals surface area contributed by atoms with E-state index >= 15 is 0 Å². The van der Waals surface area contributed by atoms with Crippen LogP contribution in [0.2, 0.25) is 0 Å². The van der Waals surface area contributed by atoms with E-state index in [0.717, 1.165) is 86.3 Å². The van der Waals surface area contributed by atoms with Crippen molar-refractivity contribution in [1.29, 1.82) is 0 Å². The maximum atomic E-state index is 12.9. The summed E-state index contributed by atoms with van der Waals surface area (Å²) in [4.78, 5) is 28.6. The van der Waals surface area contributed by atoms with Crippen molar-refractivity contribution in [2.24, 2.45) is 0 Å². The fourth-order valence-electron chi connectivity index (χ4n) is 6.09. The number of hydrogen-bond acceptors (Lipinski definition) is 5. The molecule has 0 saturated heterocycles. The summed E-state index contributed by atoms with van der Waals surface area (Å²) in [5.74, 6) is -1.00. The number of likely N-dealkylation sites (N-methyl/N-ethyl adjacent to an activating group) is 1. The molecule has 0 bridgehead atoms. The van der Waals surface area contributed by atoms with Crippen LogP contribution in [-0.4, -0.2) is 46.1 Å². The number of rotatable bonds is 8. The lowest BCUT2D eigenvalue weighted by Gasteiger charge is -2.34. The zero-order valence-corrected chi connectivity index (χ0v) is 30.3. The third kappa shape index (κ3) is 8.03. The number of anilines is 1. The molecule has 0 saturated carbocycles. The van der Waals surface area contributed by atoms with E-state index in [9.17, 15) is 9.90 Å². The number of aliphatic carboxylic acids is 1. The summed E-state index contributed by atoms with van der Waals surface area (Å²) in [6.45, 7) is 26.7. The van der Waals surface area contributed by atoms with Crippen molar-refractivity contribution in [2.75, 3.05) is 18.5 Å². The third-order valence-corrected chi connectivity index (χ3v) is 8.08. The van der Waals surface area contributed by atoms with E-state index in [1.165, 1.54) is 6.92 Å². The molecule has 0 radical (unpaired) electrons. The summed E-state index contributed by atoms with van der Waals surface area (Å²) in [5.41, 5.74) is 10.9. The molecule has 7 nitrogen and oxygen atoms in total. The molecule has 0 amide bonds. The van der Waals surface area contributed by atoms with Crippen LogP contribution in [0.1, 0.15) is 77.0 Å². The number of carboxylic acid groups (broad SMARTS) is 1. The fourth-order valence-corrected chi connectivity index (χ4v) is 6.09. The topological polar surface area (TPSA) is 84.7 Å². The van der Waals surface area contributed by atoms with Gasteiger partial charge in [0.1, 0.15) is 6.29 Å². The van der Waals surface area contributed by atoms with Crippen LogP contribution in [0.25, 0.3) is 38.9 Å². The number of aromatic nitrogens is 2. The Morgan fingerprint density at radius 3 is 2.25 bits per heavy atom. The van der Waals surface area contributed by atoms with Gasteiger partial charge in [-0.2, -0.15) is 0 Å². The van der Waals surface area contributed by atoms with E-state index in [1.807, 2.05) is 66.8 Å². The lowest BCUT2D eigenvalue weighted by Crippen LogP contribution is -2.31. The minimum atomic E-state index is -1.14. The monoisotopic (exact) mass is 649 g/mol. The van der Waals surface area contributed by atoms with Crippen LogP contribution in [0.4, 0.5) is 5.69 Å². The molecule has 1 atom stereocenters. The predicted molar refractivity (Wildman–Crippen MR) is 201 cm³/mol. The Morgan fingerprint density at radius 2 is 1.69 bits per heavy atom. The molecule has 48 heavy (non-hydrogen) atoms. The van der Waals surface area contributed by atoms with Gasteiger partial charge in [-0.05, 0) is 94.5 Å². The highest BCUT2D eigenvalue weighted by molar-refractivity contribution is 6.09. The second-order valence-corrected chi connectivity index (χ2v) is 12.7. The highest BCUT2D eigenvalue weighted by Gasteiger charge is 2.35. The van der Waals surface area contributed by atoms with Crippen LogP contribution in [0.5, 0.6) is 0 Å². The maximum absolute atomic E-state index is 12.9. The molecule has 0 spiro atoms. The Hall–Kier alpha value is -4.75. The molecule has 1 N–H and O–H groups in total. The number of benzene rings is 2. The van der Waals surface area contributed by atoms with Crippen molar-refractivity contribution < 1.29 is 19.4 Å². The minimum absolute atomic E-state index is 0.662. The van der Waals surface area contributed by atoms with Crippen molar-refractivity contribution in [2.45, 2.75) is 80.6 Å². The molecule has 0 fully saturated rings. The third-order valence-electron chi connectivity index (χ3n) is 8.08. The number of carbonyl (C=O) groups excluding carboxylic acids is 1. The highest BCUT2D eigenvalue weighted by Crippen LogP contribution is 2.49. The quantitative estimate of drug-likeness (QED) is 0.151. The maximum Gasteiger partial charge on any atom is 0.337 e. The molecule has 3 heterocycles. The fraction of sp³-hybridized carbons (Fsp3) is 0.341. The normalized spacial score (nSPS) is 13.1. The second-order valence-electron chi connectivity index (χ2n) is 12.7. The van der Waals surface area contributed by atoms with Crippen LogP contribution < -0.4 is 4.90 Å². The number of carbonyl (C=O) groups is 2. The number of pyridine rings is 1. The average Bonchev–Trinajstić information content (AvgIpc) is 3.43. The van der Waals surface area contributed by atoms with Crippen LogP contribution >= 0.6 is 0 Å². The first-order valence-corrected chi connectivity index (χ1v) is 16.5. The van der Waals surface area contributed by atoms with Crippen LogP contribution in [0.3, 0.4) is 0 Å². The number of allylic oxidation sites excluding steroid dienone is 4. The number of carboxylic acids is 1. The lowest BCUT2D eigenvalue weighted by molar-refractivity contribution is -0.160. The van der Waals surface area contributed by atoms with Crippen LogP contribution in [0.15, 0.2) is 79.5 Å². The van der Waals surface area contributed by atoms with Crippen molar-refractivity contribution >= 4 is 34.4 Å². The Balaban J connectivity index is 0.00000118. The van der Waals surface area contributed by atoms with E-state index < -0.39 is 17.7 Å². The van der Waals surface area contributed by atoms with Gasteiger partial charge < -0.3 is 24.1 Å². The molecule has 7 heteroatoms. The molecule has 1 aliphatic heterocycles. The Labute approximate surface area is 286 Å². The average molecular weight is 650 g/mol. The van der Waals surface area contributed by atoms with Gasteiger partial charge in [0.2, 0.25) is 0 Å². The summed E-state index contributed by atoms with van der Waals surface area (Å²) in [5, 5.41) is 11.6. The molecule has 2 aromatic carbocycles. The molecular weight excluding hydrogens is 598 g/mol. The molecule has 4 aromatic rings. The summed E-state index contributed by atoms with van der Waals surface area (Å²) < 4.78 is 8.68. The number of aldehydes is 1.